The second kappa shape index (κ2) is 8.82. The third-order valence-electron chi connectivity index (χ3n) is 3.65. The van der Waals surface area contributed by atoms with Crippen LogP contribution in [0.25, 0.3) is 0 Å². The van der Waals surface area contributed by atoms with E-state index in [0.717, 1.165) is 0 Å². The normalized spacial score (nSPS) is 10.2. The van der Waals surface area contributed by atoms with Gasteiger partial charge < -0.3 is 10.1 Å². The Morgan fingerprint density at radius 2 is 1.75 bits per heavy atom. The molecule has 0 radical (unpaired) electrons. The smallest absolute Gasteiger partial charge is 0.220 e. The minimum atomic E-state index is -0.340. The number of ketones is 1. The zero-order valence-corrected chi connectivity index (χ0v) is 13.5. The highest BCUT2D eigenvalue weighted by Crippen LogP contribution is 2.14. The Bertz CT molecular complexity index is 698. The number of carbonyl (C=O) groups is 2. The lowest BCUT2D eigenvalue weighted by Gasteiger charge is -2.06. The highest BCUT2D eigenvalue weighted by molar-refractivity contribution is 5.96. The standard InChI is InChI=1S/C19H20FNO3/c1-24-16-11-9-14(10-12-16)18(22)7-4-8-19(23)21-13-15-5-2-3-6-17(15)20/h2-3,5-6,9-12H,4,7-8,13H2,1H3,(H,21,23). The summed E-state index contributed by atoms with van der Waals surface area (Å²) in [5, 5.41) is 2.66. The van der Waals surface area contributed by atoms with E-state index in [9.17, 15) is 14.0 Å². The van der Waals surface area contributed by atoms with Gasteiger partial charge in [-0.3, -0.25) is 9.59 Å². The maximum Gasteiger partial charge on any atom is 0.220 e. The zero-order valence-electron chi connectivity index (χ0n) is 13.5. The molecule has 126 valence electrons. The SMILES string of the molecule is COc1ccc(C(=O)CCCC(=O)NCc2ccccc2F)cc1. The van der Waals surface area contributed by atoms with Crippen molar-refractivity contribution in [2.45, 2.75) is 25.8 Å². The van der Waals surface area contributed by atoms with Crippen molar-refractivity contribution in [1.29, 1.82) is 0 Å². The number of hydrogen-bond donors (Lipinski definition) is 1. The Morgan fingerprint density at radius 1 is 1.04 bits per heavy atom. The topological polar surface area (TPSA) is 55.4 Å². The van der Waals surface area contributed by atoms with E-state index < -0.39 is 0 Å². The molecule has 0 heterocycles. The van der Waals surface area contributed by atoms with Crippen LogP contribution < -0.4 is 10.1 Å². The summed E-state index contributed by atoms with van der Waals surface area (Å²) in [5.41, 5.74) is 1.04. The Hall–Kier alpha value is -2.69. The molecule has 0 fully saturated rings. The van der Waals surface area contributed by atoms with Gasteiger partial charge in [0.05, 0.1) is 7.11 Å². The largest absolute Gasteiger partial charge is 0.497 e. The Balaban J connectivity index is 1.72. The molecule has 1 amide bonds. The van der Waals surface area contributed by atoms with E-state index >= 15 is 0 Å². The van der Waals surface area contributed by atoms with Crippen LogP contribution in [0.2, 0.25) is 0 Å². The zero-order chi connectivity index (χ0) is 17.4. The van der Waals surface area contributed by atoms with Crippen LogP contribution in [0.15, 0.2) is 48.5 Å². The Kier molecular flexibility index (Phi) is 6.49. The van der Waals surface area contributed by atoms with Crippen molar-refractivity contribution in [3.63, 3.8) is 0 Å². The lowest BCUT2D eigenvalue weighted by Crippen LogP contribution is -2.23. The average molecular weight is 329 g/mol. The Morgan fingerprint density at radius 3 is 2.42 bits per heavy atom. The minimum absolute atomic E-state index is 0.0143. The molecular weight excluding hydrogens is 309 g/mol. The first-order valence-corrected chi connectivity index (χ1v) is 7.77. The number of amides is 1. The number of benzene rings is 2. The number of ether oxygens (including phenoxy) is 1. The summed E-state index contributed by atoms with van der Waals surface area (Å²) in [5.74, 6) is 0.145. The number of Topliss-reactive ketones (excluding diaryl/α,β-unsaturated/α-hetero) is 1. The second-order valence-corrected chi connectivity index (χ2v) is 5.37. The van der Waals surface area contributed by atoms with E-state index in [-0.39, 0.29) is 30.5 Å². The van der Waals surface area contributed by atoms with E-state index in [1.165, 1.54) is 6.07 Å². The molecule has 0 aliphatic heterocycles. The van der Waals surface area contributed by atoms with Gasteiger partial charge in [-0.2, -0.15) is 0 Å². The molecule has 2 aromatic rings. The second-order valence-electron chi connectivity index (χ2n) is 5.37. The molecule has 24 heavy (non-hydrogen) atoms. The van der Waals surface area contributed by atoms with Crippen LogP contribution in [0, 0.1) is 5.82 Å². The number of carbonyl (C=O) groups excluding carboxylic acids is 2. The van der Waals surface area contributed by atoms with E-state index in [2.05, 4.69) is 5.32 Å². The number of hydrogen-bond acceptors (Lipinski definition) is 3. The predicted molar refractivity (Wildman–Crippen MR) is 89.4 cm³/mol. The fourth-order valence-corrected chi connectivity index (χ4v) is 2.25. The van der Waals surface area contributed by atoms with Crippen molar-refractivity contribution in [2.75, 3.05) is 7.11 Å². The highest BCUT2D eigenvalue weighted by atomic mass is 19.1. The molecular formula is C19H20FNO3. The molecule has 0 bridgehead atoms. The van der Waals surface area contributed by atoms with Gasteiger partial charge in [0, 0.05) is 30.5 Å². The maximum atomic E-state index is 13.4. The molecule has 0 spiro atoms. The van der Waals surface area contributed by atoms with Crippen molar-refractivity contribution >= 4 is 11.7 Å². The summed E-state index contributed by atoms with van der Waals surface area (Å²) in [6.45, 7) is 0.151. The molecule has 0 saturated carbocycles. The van der Waals surface area contributed by atoms with Gasteiger partial charge in [0.1, 0.15) is 11.6 Å². The molecule has 0 atom stereocenters. The van der Waals surface area contributed by atoms with Gasteiger partial charge in [-0.15, -0.1) is 0 Å². The predicted octanol–water partition coefficient (Wildman–Crippen LogP) is 3.50. The van der Waals surface area contributed by atoms with Crippen LogP contribution >= 0.6 is 0 Å². The summed E-state index contributed by atoms with van der Waals surface area (Å²) in [4.78, 5) is 23.8. The van der Waals surface area contributed by atoms with Crippen LogP contribution in [0.1, 0.15) is 35.2 Å². The van der Waals surface area contributed by atoms with Gasteiger partial charge in [-0.25, -0.2) is 4.39 Å². The van der Waals surface area contributed by atoms with Crippen molar-refractivity contribution in [3.05, 3.63) is 65.5 Å². The van der Waals surface area contributed by atoms with Crippen molar-refractivity contribution in [2.24, 2.45) is 0 Å². The monoisotopic (exact) mass is 329 g/mol. The average Bonchev–Trinajstić information content (AvgIpc) is 2.61. The summed E-state index contributed by atoms with van der Waals surface area (Å²) in [7, 11) is 1.57. The van der Waals surface area contributed by atoms with E-state index in [1.807, 2.05) is 0 Å². The first-order valence-electron chi connectivity index (χ1n) is 7.77. The number of halogens is 1. The van der Waals surface area contributed by atoms with Gasteiger partial charge in [0.2, 0.25) is 5.91 Å². The fourth-order valence-electron chi connectivity index (χ4n) is 2.25. The van der Waals surface area contributed by atoms with Crippen molar-refractivity contribution in [1.82, 2.24) is 5.32 Å². The first kappa shape index (κ1) is 17.7. The number of nitrogens with one attached hydrogen (secondary N) is 1. The summed E-state index contributed by atoms with van der Waals surface area (Å²) in [6.07, 6.45) is 0.976. The molecule has 0 saturated heterocycles. The molecule has 5 heteroatoms. The fraction of sp³-hybridized carbons (Fsp3) is 0.263. The quantitative estimate of drug-likeness (QED) is 0.754. The molecule has 2 rings (SSSR count). The maximum absolute atomic E-state index is 13.4. The van der Waals surface area contributed by atoms with Crippen LogP contribution in [0.5, 0.6) is 5.75 Å². The molecule has 4 nitrogen and oxygen atoms in total. The first-order chi connectivity index (χ1) is 11.6. The van der Waals surface area contributed by atoms with Crippen LogP contribution in [-0.4, -0.2) is 18.8 Å². The van der Waals surface area contributed by atoms with E-state index in [0.29, 0.717) is 29.7 Å². The van der Waals surface area contributed by atoms with Crippen LogP contribution in [-0.2, 0) is 11.3 Å². The van der Waals surface area contributed by atoms with E-state index in [1.54, 1.807) is 49.6 Å². The molecule has 2 aromatic carbocycles. The van der Waals surface area contributed by atoms with Crippen molar-refractivity contribution < 1.29 is 18.7 Å². The van der Waals surface area contributed by atoms with Gasteiger partial charge in [-0.05, 0) is 36.8 Å². The number of methoxy groups -OCH3 is 1. The third-order valence-corrected chi connectivity index (χ3v) is 3.65. The van der Waals surface area contributed by atoms with Crippen LogP contribution in [0.3, 0.4) is 0 Å². The molecule has 0 aliphatic carbocycles. The number of rotatable bonds is 8. The summed E-state index contributed by atoms with van der Waals surface area (Å²) >= 11 is 0. The van der Waals surface area contributed by atoms with E-state index in [4.69, 9.17) is 4.74 Å². The third kappa shape index (κ3) is 5.19. The minimum Gasteiger partial charge on any atom is -0.497 e. The molecule has 1 N–H and O–H groups in total. The van der Waals surface area contributed by atoms with Gasteiger partial charge >= 0.3 is 0 Å². The van der Waals surface area contributed by atoms with Gasteiger partial charge in [0.25, 0.3) is 0 Å². The van der Waals surface area contributed by atoms with Crippen molar-refractivity contribution in [3.8, 4) is 5.75 Å². The molecule has 0 aromatic heterocycles. The Labute approximate surface area is 140 Å². The molecule has 0 unspecified atom stereocenters. The lowest BCUT2D eigenvalue weighted by molar-refractivity contribution is -0.121. The summed E-state index contributed by atoms with van der Waals surface area (Å²) < 4.78 is 18.5. The summed E-state index contributed by atoms with van der Waals surface area (Å²) in [6, 6.07) is 13.2. The van der Waals surface area contributed by atoms with Crippen LogP contribution in [0.4, 0.5) is 4.39 Å². The highest BCUT2D eigenvalue weighted by Gasteiger charge is 2.09. The van der Waals surface area contributed by atoms with Gasteiger partial charge in [0.15, 0.2) is 5.78 Å². The molecule has 0 aliphatic rings. The lowest BCUT2D eigenvalue weighted by atomic mass is 10.1. The van der Waals surface area contributed by atoms with Gasteiger partial charge in [-0.1, -0.05) is 18.2 Å².